The lowest BCUT2D eigenvalue weighted by atomic mass is 9.94. The zero-order valence-electron chi connectivity index (χ0n) is 13.5. The first-order valence-electron chi connectivity index (χ1n) is 7.56. The summed E-state index contributed by atoms with van der Waals surface area (Å²) in [6, 6.07) is 13.5. The summed E-state index contributed by atoms with van der Waals surface area (Å²) >= 11 is 5.86. The van der Waals surface area contributed by atoms with Crippen LogP contribution in [0, 0.1) is 12.8 Å². The van der Waals surface area contributed by atoms with E-state index in [0.29, 0.717) is 16.1 Å². The maximum Gasteiger partial charge on any atom is 0.252 e. The number of aryl methyl sites for hydroxylation is 1. The van der Waals surface area contributed by atoms with E-state index >= 15 is 0 Å². The molecule has 3 nitrogen and oxygen atoms in total. The molecule has 0 bridgehead atoms. The maximum atomic E-state index is 12.7. The van der Waals surface area contributed by atoms with E-state index in [-0.39, 0.29) is 17.6 Å². The van der Waals surface area contributed by atoms with Crippen molar-refractivity contribution < 1.29 is 9.59 Å². The van der Waals surface area contributed by atoms with E-state index in [1.807, 2.05) is 39.0 Å². The van der Waals surface area contributed by atoms with Crippen LogP contribution in [0.2, 0.25) is 5.02 Å². The first-order valence-corrected chi connectivity index (χ1v) is 7.94. The molecular formula is C19H20ClNO2. The van der Waals surface area contributed by atoms with E-state index < -0.39 is 6.04 Å². The van der Waals surface area contributed by atoms with E-state index in [4.69, 9.17) is 11.6 Å². The maximum absolute atomic E-state index is 12.7. The topological polar surface area (TPSA) is 46.2 Å². The third kappa shape index (κ3) is 4.20. The smallest absolute Gasteiger partial charge is 0.252 e. The fraction of sp³-hybridized carbons (Fsp3) is 0.263. The second-order valence-corrected chi connectivity index (χ2v) is 6.32. The molecule has 2 rings (SSSR count). The normalized spacial score (nSPS) is 12.0. The molecule has 2 aromatic carbocycles. The lowest BCUT2D eigenvalue weighted by Crippen LogP contribution is -2.44. The Morgan fingerprint density at radius 1 is 1.00 bits per heavy atom. The Hall–Kier alpha value is -2.13. The highest BCUT2D eigenvalue weighted by molar-refractivity contribution is 6.30. The van der Waals surface area contributed by atoms with Crippen LogP contribution in [-0.4, -0.2) is 17.7 Å². The highest BCUT2D eigenvalue weighted by Gasteiger charge is 2.26. The van der Waals surface area contributed by atoms with Crippen LogP contribution in [0.1, 0.15) is 40.1 Å². The zero-order valence-corrected chi connectivity index (χ0v) is 14.2. The first-order chi connectivity index (χ1) is 10.9. The van der Waals surface area contributed by atoms with Gasteiger partial charge in [-0.15, -0.1) is 0 Å². The van der Waals surface area contributed by atoms with Crippen LogP contribution in [0.25, 0.3) is 0 Å². The van der Waals surface area contributed by atoms with Crippen molar-refractivity contribution >= 4 is 23.3 Å². The number of benzene rings is 2. The fourth-order valence-electron chi connectivity index (χ4n) is 2.38. The Kier molecular flexibility index (Phi) is 5.56. The number of nitrogens with one attached hydrogen (secondary N) is 1. The Labute approximate surface area is 141 Å². The van der Waals surface area contributed by atoms with Crippen molar-refractivity contribution in [3.8, 4) is 0 Å². The van der Waals surface area contributed by atoms with E-state index in [1.54, 1.807) is 30.3 Å². The van der Waals surface area contributed by atoms with Crippen molar-refractivity contribution in [1.82, 2.24) is 5.32 Å². The van der Waals surface area contributed by atoms with Crippen molar-refractivity contribution in [2.24, 2.45) is 5.92 Å². The minimum absolute atomic E-state index is 0.0221. The zero-order chi connectivity index (χ0) is 17.0. The third-order valence-electron chi connectivity index (χ3n) is 3.75. The number of Topliss-reactive ketones (excluding diaryl/α,β-unsaturated/α-hetero) is 1. The molecule has 1 amide bonds. The summed E-state index contributed by atoms with van der Waals surface area (Å²) in [6.07, 6.45) is 0. The van der Waals surface area contributed by atoms with Crippen LogP contribution in [-0.2, 0) is 0 Å². The van der Waals surface area contributed by atoms with Gasteiger partial charge in [0.2, 0.25) is 0 Å². The SMILES string of the molecule is Cc1ccccc1C(=O)NC(C(=O)c1ccc(Cl)cc1)C(C)C. The second kappa shape index (κ2) is 7.42. The Morgan fingerprint density at radius 3 is 2.17 bits per heavy atom. The molecule has 0 saturated heterocycles. The van der Waals surface area contributed by atoms with E-state index in [0.717, 1.165) is 5.56 Å². The minimum atomic E-state index is -0.580. The average molecular weight is 330 g/mol. The number of carbonyl (C=O) groups excluding carboxylic acids is 2. The van der Waals surface area contributed by atoms with Crippen LogP contribution in [0.3, 0.4) is 0 Å². The lowest BCUT2D eigenvalue weighted by Gasteiger charge is -2.22. The van der Waals surface area contributed by atoms with E-state index in [9.17, 15) is 9.59 Å². The van der Waals surface area contributed by atoms with Crippen LogP contribution in [0.5, 0.6) is 0 Å². The molecule has 0 aliphatic heterocycles. The van der Waals surface area contributed by atoms with Gasteiger partial charge in [0.05, 0.1) is 6.04 Å². The molecule has 0 aromatic heterocycles. The van der Waals surface area contributed by atoms with Crippen molar-refractivity contribution in [2.75, 3.05) is 0 Å². The quantitative estimate of drug-likeness (QED) is 0.832. The Bertz CT molecular complexity index is 708. The number of hydrogen-bond donors (Lipinski definition) is 1. The molecule has 23 heavy (non-hydrogen) atoms. The van der Waals surface area contributed by atoms with Gasteiger partial charge in [-0.1, -0.05) is 43.6 Å². The number of hydrogen-bond acceptors (Lipinski definition) is 2. The summed E-state index contributed by atoms with van der Waals surface area (Å²) in [4.78, 5) is 25.2. The van der Waals surface area contributed by atoms with Gasteiger partial charge in [0, 0.05) is 16.1 Å². The number of halogens is 1. The summed E-state index contributed by atoms with van der Waals surface area (Å²) in [6.45, 7) is 5.70. The average Bonchev–Trinajstić information content (AvgIpc) is 2.52. The molecule has 0 radical (unpaired) electrons. The van der Waals surface area contributed by atoms with Crippen LogP contribution < -0.4 is 5.32 Å². The highest BCUT2D eigenvalue weighted by atomic mass is 35.5. The predicted molar refractivity (Wildman–Crippen MR) is 93.1 cm³/mol. The molecule has 1 unspecified atom stereocenters. The predicted octanol–water partition coefficient (Wildman–Crippen LogP) is 4.29. The lowest BCUT2D eigenvalue weighted by molar-refractivity contribution is 0.0831. The molecule has 0 spiro atoms. The van der Waals surface area contributed by atoms with Crippen LogP contribution in [0.15, 0.2) is 48.5 Å². The van der Waals surface area contributed by atoms with Gasteiger partial charge in [0.25, 0.3) is 5.91 Å². The molecule has 0 aliphatic carbocycles. The first kappa shape index (κ1) is 17.2. The Balaban J connectivity index is 2.22. The molecule has 120 valence electrons. The third-order valence-corrected chi connectivity index (χ3v) is 4.01. The summed E-state index contributed by atoms with van der Waals surface area (Å²) in [7, 11) is 0. The second-order valence-electron chi connectivity index (χ2n) is 5.88. The molecule has 1 atom stereocenters. The number of ketones is 1. The Morgan fingerprint density at radius 2 is 1.61 bits per heavy atom. The van der Waals surface area contributed by atoms with Crippen molar-refractivity contribution in [2.45, 2.75) is 26.8 Å². The molecule has 1 N–H and O–H groups in total. The summed E-state index contributed by atoms with van der Waals surface area (Å²) < 4.78 is 0. The molecule has 0 fully saturated rings. The van der Waals surface area contributed by atoms with Gasteiger partial charge < -0.3 is 5.32 Å². The summed E-state index contributed by atoms with van der Waals surface area (Å²) in [5.41, 5.74) is 2.01. The summed E-state index contributed by atoms with van der Waals surface area (Å²) in [5, 5.41) is 3.44. The van der Waals surface area contributed by atoms with E-state index in [1.165, 1.54) is 0 Å². The molecule has 0 saturated carbocycles. The van der Waals surface area contributed by atoms with Gasteiger partial charge >= 0.3 is 0 Å². The van der Waals surface area contributed by atoms with Gasteiger partial charge in [-0.05, 0) is 48.7 Å². The van der Waals surface area contributed by atoms with Crippen LogP contribution >= 0.6 is 11.6 Å². The molecule has 4 heteroatoms. The molecule has 0 aliphatic rings. The van der Waals surface area contributed by atoms with Gasteiger partial charge in [-0.2, -0.15) is 0 Å². The van der Waals surface area contributed by atoms with Crippen molar-refractivity contribution in [1.29, 1.82) is 0 Å². The van der Waals surface area contributed by atoms with E-state index in [2.05, 4.69) is 5.32 Å². The fourth-order valence-corrected chi connectivity index (χ4v) is 2.50. The standard InChI is InChI=1S/C19H20ClNO2/c1-12(2)17(18(22)14-8-10-15(20)11-9-14)21-19(23)16-7-5-4-6-13(16)3/h4-12,17H,1-3H3,(H,21,23). The van der Waals surface area contributed by atoms with Crippen molar-refractivity contribution in [3.05, 3.63) is 70.2 Å². The number of amides is 1. The largest absolute Gasteiger partial charge is 0.342 e. The molecule has 2 aromatic rings. The molecule has 0 heterocycles. The van der Waals surface area contributed by atoms with Crippen LogP contribution in [0.4, 0.5) is 0 Å². The number of rotatable bonds is 5. The number of carbonyl (C=O) groups is 2. The van der Waals surface area contributed by atoms with Gasteiger partial charge in [0.1, 0.15) is 0 Å². The highest BCUT2D eigenvalue weighted by Crippen LogP contribution is 2.15. The van der Waals surface area contributed by atoms with Gasteiger partial charge in [-0.25, -0.2) is 0 Å². The van der Waals surface area contributed by atoms with Gasteiger partial charge in [0.15, 0.2) is 5.78 Å². The monoisotopic (exact) mass is 329 g/mol. The molecular weight excluding hydrogens is 310 g/mol. The van der Waals surface area contributed by atoms with Crippen molar-refractivity contribution in [3.63, 3.8) is 0 Å². The minimum Gasteiger partial charge on any atom is -0.342 e. The van der Waals surface area contributed by atoms with Gasteiger partial charge in [-0.3, -0.25) is 9.59 Å². The summed E-state index contributed by atoms with van der Waals surface area (Å²) in [5.74, 6) is -0.367.